The minimum absolute atomic E-state index is 0.236. The van der Waals surface area contributed by atoms with Crippen LogP contribution >= 0.6 is 0 Å². The molecule has 18 heavy (non-hydrogen) atoms. The number of ether oxygens (including phenoxy) is 2. The number of hydrazone groups is 1. The lowest BCUT2D eigenvalue weighted by Gasteiger charge is -2.06. The molecule has 0 spiro atoms. The van der Waals surface area contributed by atoms with Gasteiger partial charge in [0.15, 0.2) is 0 Å². The van der Waals surface area contributed by atoms with Crippen molar-refractivity contribution in [3.63, 3.8) is 0 Å². The molecule has 0 unspecified atom stereocenters. The van der Waals surface area contributed by atoms with Crippen molar-refractivity contribution in [2.24, 2.45) is 5.10 Å². The summed E-state index contributed by atoms with van der Waals surface area (Å²) >= 11 is 0. The van der Waals surface area contributed by atoms with Crippen molar-refractivity contribution in [2.75, 3.05) is 20.3 Å². The lowest BCUT2D eigenvalue weighted by Crippen LogP contribution is -2.18. The Morgan fingerprint density at radius 2 is 1.89 bits per heavy atom. The van der Waals surface area contributed by atoms with Gasteiger partial charge in [-0.05, 0) is 38.1 Å². The van der Waals surface area contributed by atoms with Crippen LogP contribution in [0.25, 0.3) is 0 Å². The maximum Gasteiger partial charge on any atom is 0.271 e. The fourth-order valence-electron chi connectivity index (χ4n) is 1.17. The topological polar surface area (TPSA) is 59.9 Å². The molecule has 1 aromatic carbocycles. The lowest BCUT2D eigenvalue weighted by molar-refractivity contribution is 0.0954. The van der Waals surface area contributed by atoms with Gasteiger partial charge in [0.2, 0.25) is 0 Å². The minimum Gasteiger partial charge on any atom is -0.491 e. The molecular weight excluding hydrogens is 232 g/mol. The van der Waals surface area contributed by atoms with Crippen LogP contribution in [0.1, 0.15) is 24.2 Å². The second-order valence-corrected chi connectivity index (χ2v) is 3.87. The number of nitrogens with one attached hydrogen (secondary N) is 1. The van der Waals surface area contributed by atoms with Gasteiger partial charge in [-0.3, -0.25) is 4.79 Å². The van der Waals surface area contributed by atoms with Gasteiger partial charge in [-0.1, -0.05) is 0 Å². The summed E-state index contributed by atoms with van der Waals surface area (Å²) in [7, 11) is 1.62. The average Bonchev–Trinajstić information content (AvgIpc) is 2.37. The number of carbonyl (C=O) groups is 1. The highest BCUT2D eigenvalue weighted by Crippen LogP contribution is 2.12. The summed E-state index contributed by atoms with van der Waals surface area (Å²) in [4.78, 5) is 11.6. The van der Waals surface area contributed by atoms with Crippen molar-refractivity contribution >= 4 is 11.6 Å². The van der Waals surface area contributed by atoms with Gasteiger partial charge in [0.25, 0.3) is 5.91 Å². The Balaban J connectivity index is 2.54. The summed E-state index contributed by atoms with van der Waals surface area (Å²) < 4.78 is 10.3. The molecule has 1 rings (SSSR count). The van der Waals surface area contributed by atoms with Crippen LogP contribution in [0.2, 0.25) is 0 Å². The number of hydrogen-bond donors (Lipinski definition) is 1. The maximum absolute atomic E-state index is 11.6. The van der Waals surface area contributed by atoms with E-state index < -0.39 is 0 Å². The minimum atomic E-state index is -0.236. The van der Waals surface area contributed by atoms with E-state index in [1.54, 1.807) is 31.4 Å². The summed E-state index contributed by atoms with van der Waals surface area (Å²) in [6.07, 6.45) is 0. The lowest BCUT2D eigenvalue weighted by atomic mass is 10.2. The highest BCUT2D eigenvalue weighted by molar-refractivity contribution is 5.95. The Morgan fingerprint density at radius 1 is 1.22 bits per heavy atom. The van der Waals surface area contributed by atoms with Crippen LogP contribution in [-0.4, -0.2) is 31.9 Å². The number of methoxy groups -OCH3 is 1. The molecule has 0 aromatic heterocycles. The Labute approximate surface area is 107 Å². The smallest absolute Gasteiger partial charge is 0.271 e. The quantitative estimate of drug-likeness (QED) is 0.476. The zero-order chi connectivity index (χ0) is 13.4. The summed E-state index contributed by atoms with van der Waals surface area (Å²) in [6.45, 7) is 4.65. The van der Waals surface area contributed by atoms with Gasteiger partial charge in [-0.15, -0.1) is 0 Å². The number of benzene rings is 1. The van der Waals surface area contributed by atoms with Crippen LogP contribution in [-0.2, 0) is 4.74 Å². The van der Waals surface area contributed by atoms with Crippen molar-refractivity contribution in [3.8, 4) is 5.75 Å². The molecule has 1 amide bonds. The third kappa shape index (κ3) is 4.97. The van der Waals surface area contributed by atoms with Crippen LogP contribution in [0.4, 0.5) is 0 Å². The van der Waals surface area contributed by atoms with E-state index in [1.807, 2.05) is 13.8 Å². The van der Waals surface area contributed by atoms with E-state index in [1.165, 1.54) is 0 Å². The fourth-order valence-corrected chi connectivity index (χ4v) is 1.17. The van der Waals surface area contributed by atoms with Crippen LogP contribution in [0.15, 0.2) is 29.4 Å². The molecule has 98 valence electrons. The molecule has 0 fully saturated rings. The van der Waals surface area contributed by atoms with Crippen LogP contribution in [0, 0.1) is 0 Å². The highest BCUT2D eigenvalue weighted by atomic mass is 16.5. The van der Waals surface area contributed by atoms with Crippen molar-refractivity contribution in [1.82, 2.24) is 5.43 Å². The van der Waals surface area contributed by atoms with E-state index in [0.29, 0.717) is 24.5 Å². The second-order valence-electron chi connectivity index (χ2n) is 3.87. The number of carbonyl (C=O) groups excluding carboxylic acids is 1. The zero-order valence-electron chi connectivity index (χ0n) is 10.9. The molecule has 0 heterocycles. The standard InChI is InChI=1S/C13H18N2O3/c1-10(2)14-15-13(16)11-4-6-12(7-5-11)18-9-8-17-3/h4-7H,8-9H2,1-3H3,(H,15,16). The predicted octanol–water partition coefficient (Wildman–Crippen LogP) is 1.84. The summed E-state index contributed by atoms with van der Waals surface area (Å²) in [5.41, 5.74) is 3.79. The molecule has 0 radical (unpaired) electrons. The number of hydrogen-bond acceptors (Lipinski definition) is 4. The van der Waals surface area contributed by atoms with Gasteiger partial charge in [0, 0.05) is 18.4 Å². The molecule has 0 aliphatic rings. The van der Waals surface area contributed by atoms with Gasteiger partial charge in [-0.25, -0.2) is 5.43 Å². The van der Waals surface area contributed by atoms with Crippen molar-refractivity contribution < 1.29 is 14.3 Å². The molecule has 0 saturated heterocycles. The number of rotatable bonds is 6. The van der Waals surface area contributed by atoms with E-state index >= 15 is 0 Å². The van der Waals surface area contributed by atoms with E-state index in [0.717, 1.165) is 5.71 Å². The second kappa shape index (κ2) is 7.45. The first-order valence-corrected chi connectivity index (χ1v) is 5.66. The zero-order valence-corrected chi connectivity index (χ0v) is 10.9. The predicted molar refractivity (Wildman–Crippen MR) is 70.1 cm³/mol. The van der Waals surface area contributed by atoms with Gasteiger partial charge >= 0.3 is 0 Å². The molecule has 1 N–H and O–H groups in total. The Kier molecular flexibility index (Phi) is 5.87. The van der Waals surface area contributed by atoms with Gasteiger partial charge in [-0.2, -0.15) is 5.10 Å². The molecule has 0 aliphatic carbocycles. The Hall–Kier alpha value is -1.88. The first-order valence-electron chi connectivity index (χ1n) is 5.66. The van der Waals surface area contributed by atoms with Crippen molar-refractivity contribution in [3.05, 3.63) is 29.8 Å². The SMILES string of the molecule is COCCOc1ccc(C(=O)NN=C(C)C)cc1. The number of nitrogens with zero attached hydrogens (tertiary/aromatic N) is 1. The van der Waals surface area contributed by atoms with E-state index in [9.17, 15) is 4.79 Å². The normalized spacial score (nSPS) is 9.72. The van der Waals surface area contributed by atoms with E-state index in [4.69, 9.17) is 9.47 Å². The van der Waals surface area contributed by atoms with Crippen molar-refractivity contribution in [2.45, 2.75) is 13.8 Å². The summed E-state index contributed by atoms with van der Waals surface area (Å²) in [5, 5.41) is 3.85. The molecule has 1 aromatic rings. The molecule has 5 heteroatoms. The van der Waals surface area contributed by atoms with Gasteiger partial charge < -0.3 is 9.47 Å². The van der Waals surface area contributed by atoms with Crippen LogP contribution in [0.5, 0.6) is 5.75 Å². The molecule has 0 bridgehead atoms. The van der Waals surface area contributed by atoms with E-state index in [2.05, 4.69) is 10.5 Å². The molecular formula is C13H18N2O3. The van der Waals surface area contributed by atoms with Gasteiger partial charge in [0.1, 0.15) is 12.4 Å². The Bertz CT molecular complexity index is 409. The van der Waals surface area contributed by atoms with Gasteiger partial charge in [0.05, 0.1) is 6.61 Å². The first kappa shape index (κ1) is 14.2. The summed E-state index contributed by atoms with van der Waals surface area (Å²) in [6, 6.07) is 6.87. The average molecular weight is 250 g/mol. The third-order valence-corrected chi connectivity index (χ3v) is 2.05. The van der Waals surface area contributed by atoms with Crippen molar-refractivity contribution in [1.29, 1.82) is 0 Å². The largest absolute Gasteiger partial charge is 0.491 e. The number of amides is 1. The fraction of sp³-hybridized carbons (Fsp3) is 0.385. The molecule has 0 atom stereocenters. The Morgan fingerprint density at radius 3 is 2.44 bits per heavy atom. The van der Waals surface area contributed by atoms with Crippen LogP contribution < -0.4 is 10.2 Å². The monoisotopic (exact) mass is 250 g/mol. The summed E-state index contributed by atoms with van der Waals surface area (Å²) in [5.74, 6) is 0.471. The highest BCUT2D eigenvalue weighted by Gasteiger charge is 2.04. The molecule has 5 nitrogen and oxygen atoms in total. The first-order chi connectivity index (χ1) is 8.63. The maximum atomic E-state index is 11.6. The third-order valence-electron chi connectivity index (χ3n) is 2.05. The van der Waals surface area contributed by atoms with Crippen LogP contribution in [0.3, 0.4) is 0 Å². The molecule has 0 saturated carbocycles. The van der Waals surface area contributed by atoms with E-state index in [-0.39, 0.29) is 5.91 Å². The molecule has 0 aliphatic heterocycles.